The molecule has 0 fully saturated rings. The van der Waals surface area contributed by atoms with Crippen LogP contribution in [0.3, 0.4) is 0 Å². The Bertz CT molecular complexity index is 833. The fourth-order valence-electron chi connectivity index (χ4n) is 2.14. The van der Waals surface area contributed by atoms with Crippen LogP contribution in [0, 0.1) is 5.82 Å². The topological polar surface area (TPSA) is 66.4 Å². The number of benzene rings is 2. The number of alkyl halides is 3. The summed E-state index contributed by atoms with van der Waals surface area (Å²) in [5, 5.41) is 11.6. The van der Waals surface area contributed by atoms with Gasteiger partial charge in [-0.15, -0.1) is 0 Å². The maximum atomic E-state index is 13.2. The first-order valence-electron chi connectivity index (χ1n) is 7.18. The van der Waals surface area contributed by atoms with E-state index in [0.717, 1.165) is 17.7 Å². The summed E-state index contributed by atoms with van der Waals surface area (Å²) < 4.78 is 74.6. The molecule has 136 valence electrons. The van der Waals surface area contributed by atoms with Crippen LogP contribution < -0.4 is 5.32 Å². The van der Waals surface area contributed by atoms with E-state index in [-0.39, 0.29) is 18.8 Å². The van der Waals surface area contributed by atoms with Gasteiger partial charge in [0, 0.05) is 6.54 Å². The zero-order valence-electron chi connectivity index (χ0n) is 12.8. The van der Waals surface area contributed by atoms with Crippen molar-refractivity contribution in [3.8, 4) is 0 Å². The first-order chi connectivity index (χ1) is 11.6. The molecule has 0 spiro atoms. The van der Waals surface area contributed by atoms with Crippen molar-refractivity contribution in [2.75, 3.05) is 11.9 Å². The number of halogens is 4. The maximum absolute atomic E-state index is 13.2. The van der Waals surface area contributed by atoms with Gasteiger partial charge in [-0.1, -0.05) is 24.3 Å². The van der Waals surface area contributed by atoms with Gasteiger partial charge < -0.3 is 10.4 Å². The van der Waals surface area contributed by atoms with Gasteiger partial charge in [-0.2, -0.15) is 13.2 Å². The summed E-state index contributed by atoms with van der Waals surface area (Å²) >= 11 is 0. The first kappa shape index (κ1) is 19.2. The van der Waals surface area contributed by atoms with E-state index < -0.39 is 26.1 Å². The lowest BCUT2D eigenvalue weighted by molar-refractivity contribution is -0.0435. The summed E-state index contributed by atoms with van der Waals surface area (Å²) in [7, 11) is -5.66. The summed E-state index contributed by atoms with van der Waals surface area (Å²) in [6, 6.07) is 9.08. The second-order valence-corrected chi connectivity index (χ2v) is 7.15. The number of hydrogen-bond acceptors (Lipinski definition) is 4. The highest BCUT2D eigenvalue weighted by Crippen LogP contribution is 2.34. The molecule has 0 saturated carbocycles. The Hall–Kier alpha value is -2.13. The summed E-state index contributed by atoms with van der Waals surface area (Å²) in [6.45, 7) is 0.0389. The van der Waals surface area contributed by atoms with Crippen LogP contribution in [0.2, 0.25) is 0 Å². The van der Waals surface area contributed by atoms with Crippen molar-refractivity contribution in [2.45, 2.75) is 23.4 Å². The third-order valence-electron chi connectivity index (χ3n) is 3.47. The van der Waals surface area contributed by atoms with E-state index in [1.807, 2.05) is 0 Å². The first-order valence-corrected chi connectivity index (χ1v) is 8.67. The van der Waals surface area contributed by atoms with Crippen LogP contribution in [0.1, 0.15) is 11.1 Å². The Morgan fingerprint density at radius 2 is 1.60 bits per heavy atom. The molecular weight excluding hydrogens is 362 g/mol. The molecule has 0 aliphatic rings. The standard InChI is InChI=1S/C16H15F4NO3S/c17-13-5-6-14(15(9-13)25(23,24)16(18,19)20)21-8-7-11-1-3-12(10-22)4-2-11/h1-6,9,21-22H,7-8,10H2. The van der Waals surface area contributed by atoms with Crippen LogP contribution in [0.5, 0.6) is 0 Å². The van der Waals surface area contributed by atoms with Crippen molar-refractivity contribution >= 4 is 15.5 Å². The lowest BCUT2D eigenvalue weighted by Gasteiger charge is -2.14. The minimum absolute atomic E-state index is 0.104. The number of aliphatic hydroxyl groups is 1. The molecule has 0 unspecified atom stereocenters. The molecule has 9 heteroatoms. The molecule has 0 aliphatic carbocycles. The number of aliphatic hydroxyl groups excluding tert-OH is 1. The lowest BCUT2D eigenvalue weighted by atomic mass is 10.1. The van der Waals surface area contributed by atoms with Crippen molar-refractivity contribution in [1.82, 2.24) is 0 Å². The monoisotopic (exact) mass is 377 g/mol. The third kappa shape index (κ3) is 4.49. The van der Waals surface area contributed by atoms with Gasteiger partial charge in [0.1, 0.15) is 10.7 Å². The second-order valence-electron chi connectivity index (χ2n) is 5.24. The molecule has 0 amide bonds. The SMILES string of the molecule is O=S(=O)(c1cc(F)ccc1NCCc1ccc(CO)cc1)C(F)(F)F. The Labute approximate surface area is 142 Å². The van der Waals surface area contributed by atoms with E-state index in [2.05, 4.69) is 5.32 Å². The summed E-state index contributed by atoms with van der Waals surface area (Å²) in [4.78, 5) is -1.14. The van der Waals surface area contributed by atoms with Crippen molar-refractivity contribution in [3.05, 3.63) is 59.4 Å². The van der Waals surface area contributed by atoms with E-state index in [9.17, 15) is 26.0 Å². The van der Waals surface area contributed by atoms with Crippen molar-refractivity contribution in [1.29, 1.82) is 0 Å². The van der Waals surface area contributed by atoms with Gasteiger partial charge in [0.05, 0.1) is 12.3 Å². The average molecular weight is 377 g/mol. The fraction of sp³-hybridized carbons (Fsp3) is 0.250. The molecule has 2 aromatic rings. The number of nitrogens with one attached hydrogen (secondary N) is 1. The van der Waals surface area contributed by atoms with Gasteiger partial charge in [-0.05, 0) is 35.7 Å². The molecule has 0 aromatic heterocycles. The molecule has 25 heavy (non-hydrogen) atoms. The zero-order chi connectivity index (χ0) is 18.7. The highest BCUT2D eigenvalue weighted by molar-refractivity contribution is 7.92. The van der Waals surface area contributed by atoms with Gasteiger partial charge in [0.15, 0.2) is 0 Å². The van der Waals surface area contributed by atoms with Crippen LogP contribution in [0.15, 0.2) is 47.4 Å². The summed E-state index contributed by atoms with van der Waals surface area (Å²) in [6.07, 6.45) is 0.397. The highest BCUT2D eigenvalue weighted by Gasteiger charge is 2.48. The Morgan fingerprint density at radius 3 is 2.16 bits per heavy atom. The van der Waals surface area contributed by atoms with Crippen LogP contribution in [0.4, 0.5) is 23.2 Å². The molecule has 0 radical (unpaired) electrons. The molecule has 2 N–H and O–H groups in total. The lowest BCUT2D eigenvalue weighted by Crippen LogP contribution is -2.24. The molecule has 0 heterocycles. The van der Waals surface area contributed by atoms with Crippen molar-refractivity contribution < 1.29 is 31.1 Å². The van der Waals surface area contributed by atoms with Crippen molar-refractivity contribution in [3.63, 3.8) is 0 Å². The highest BCUT2D eigenvalue weighted by atomic mass is 32.2. The number of hydrogen-bond donors (Lipinski definition) is 2. The molecule has 4 nitrogen and oxygen atoms in total. The predicted molar refractivity (Wildman–Crippen MR) is 84.2 cm³/mol. The van der Waals surface area contributed by atoms with E-state index in [4.69, 9.17) is 5.11 Å². The van der Waals surface area contributed by atoms with Gasteiger partial charge in [-0.25, -0.2) is 12.8 Å². The minimum Gasteiger partial charge on any atom is -0.392 e. The van der Waals surface area contributed by atoms with E-state index >= 15 is 0 Å². The Kier molecular flexibility index (Phi) is 5.69. The molecule has 2 rings (SSSR count). The predicted octanol–water partition coefficient (Wildman–Crippen LogP) is 3.27. The second kappa shape index (κ2) is 7.40. The van der Waals surface area contributed by atoms with Crippen LogP contribution in [0.25, 0.3) is 0 Å². The van der Waals surface area contributed by atoms with Crippen LogP contribution >= 0.6 is 0 Å². The van der Waals surface area contributed by atoms with Gasteiger partial charge in [0.25, 0.3) is 9.84 Å². The Morgan fingerprint density at radius 1 is 1.00 bits per heavy atom. The smallest absolute Gasteiger partial charge is 0.392 e. The average Bonchev–Trinajstić information content (AvgIpc) is 2.55. The van der Waals surface area contributed by atoms with Crippen LogP contribution in [-0.2, 0) is 22.9 Å². The van der Waals surface area contributed by atoms with E-state index in [1.54, 1.807) is 24.3 Å². The molecule has 0 atom stereocenters. The molecule has 0 aliphatic heterocycles. The minimum atomic E-state index is -5.66. The zero-order valence-corrected chi connectivity index (χ0v) is 13.7. The van der Waals surface area contributed by atoms with E-state index in [0.29, 0.717) is 18.1 Å². The van der Waals surface area contributed by atoms with Crippen molar-refractivity contribution in [2.24, 2.45) is 0 Å². The van der Waals surface area contributed by atoms with Gasteiger partial charge in [0.2, 0.25) is 0 Å². The summed E-state index contributed by atoms with van der Waals surface area (Å²) in [5.74, 6) is -1.08. The molecular formula is C16H15F4NO3S. The fourth-order valence-corrected chi connectivity index (χ4v) is 3.09. The molecule has 0 saturated heterocycles. The maximum Gasteiger partial charge on any atom is 0.501 e. The Balaban J connectivity index is 2.17. The summed E-state index contributed by atoms with van der Waals surface area (Å²) in [5.41, 5.74) is -4.27. The normalized spacial score (nSPS) is 12.2. The molecule has 0 bridgehead atoms. The number of sulfone groups is 1. The largest absolute Gasteiger partial charge is 0.501 e. The van der Waals surface area contributed by atoms with Gasteiger partial charge >= 0.3 is 5.51 Å². The molecule has 2 aromatic carbocycles. The van der Waals surface area contributed by atoms with Gasteiger partial charge in [-0.3, -0.25) is 0 Å². The third-order valence-corrected chi connectivity index (χ3v) is 5.00. The number of anilines is 1. The number of rotatable bonds is 6. The quantitative estimate of drug-likeness (QED) is 0.759. The van der Waals surface area contributed by atoms with E-state index in [1.165, 1.54) is 0 Å². The van der Waals surface area contributed by atoms with Crippen LogP contribution in [-0.4, -0.2) is 25.6 Å².